The minimum absolute atomic E-state index is 0.178. The molecule has 2 amide bonds. The highest BCUT2D eigenvalue weighted by atomic mass is 32.2. The van der Waals surface area contributed by atoms with Crippen molar-refractivity contribution >= 4 is 28.1 Å². The molecule has 0 bridgehead atoms. The molecule has 35 heavy (non-hydrogen) atoms. The average Bonchev–Trinajstić information content (AvgIpc) is 2.82. The van der Waals surface area contributed by atoms with Crippen molar-refractivity contribution in [2.75, 3.05) is 26.2 Å². The number of hydrogen-bond donors (Lipinski definition) is 1. The van der Waals surface area contributed by atoms with Gasteiger partial charge < -0.3 is 15.0 Å². The molecule has 1 unspecified atom stereocenters. The van der Waals surface area contributed by atoms with Crippen LogP contribution >= 0.6 is 0 Å². The number of nitrogens with zero attached hydrogens (tertiary/aromatic N) is 2. The Bertz CT molecular complexity index is 1120. The second-order valence-corrected chi connectivity index (χ2v) is 11.2. The van der Waals surface area contributed by atoms with Crippen molar-refractivity contribution in [1.82, 2.24) is 14.5 Å². The number of carbonyl (C=O) groups is 2. The monoisotopic (exact) mass is 499 g/mol. The van der Waals surface area contributed by atoms with Crippen molar-refractivity contribution in [3.05, 3.63) is 77.2 Å². The van der Waals surface area contributed by atoms with Gasteiger partial charge in [-0.2, -0.15) is 4.31 Å². The Morgan fingerprint density at radius 3 is 2.11 bits per heavy atom. The van der Waals surface area contributed by atoms with Gasteiger partial charge in [0, 0.05) is 38.0 Å². The number of benzene rings is 2. The Hall–Kier alpha value is -3.17. The molecule has 1 heterocycles. The Labute approximate surface area is 207 Å². The molecule has 1 N–H and O–H groups in total. The Morgan fingerprint density at radius 2 is 1.54 bits per heavy atom. The number of hydrogen-bond acceptors (Lipinski definition) is 5. The van der Waals surface area contributed by atoms with Crippen LogP contribution in [0.2, 0.25) is 0 Å². The van der Waals surface area contributed by atoms with Gasteiger partial charge in [0.15, 0.2) is 0 Å². The van der Waals surface area contributed by atoms with Crippen LogP contribution < -0.4 is 5.32 Å². The molecule has 1 atom stereocenters. The van der Waals surface area contributed by atoms with Crippen LogP contribution in [-0.4, -0.2) is 67.4 Å². The van der Waals surface area contributed by atoms with Crippen molar-refractivity contribution in [3.63, 3.8) is 0 Å². The van der Waals surface area contributed by atoms with Crippen LogP contribution in [0.1, 0.15) is 31.9 Å². The lowest BCUT2D eigenvalue weighted by molar-refractivity contribution is -0.134. The molecular weight excluding hydrogens is 466 g/mol. The molecule has 1 aliphatic rings. The first-order chi connectivity index (χ1) is 16.5. The molecule has 2 aromatic rings. The maximum atomic E-state index is 13.3. The Balaban J connectivity index is 1.65. The van der Waals surface area contributed by atoms with Gasteiger partial charge in [-0.25, -0.2) is 13.2 Å². The second-order valence-electron chi connectivity index (χ2n) is 9.37. The maximum Gasteiger partial charge on any atom is 0.408 e. The summed E-state index contributed by atoms with van der Waals surface area (Å²) in [5, 5.41) is 3.90. The zero-order chi connectivity index (χ0) is 25.5. The van der Waals surface area contributed by atoms with E-state index in [0.29, 0.717) is 6.42 Å². The summed E-state index contributed by atoms with van der Waals surface area (Å²) in [7, 11) is -3.61. The van der Waals surface area contributed by atoms with E-state index in [-0.39, 0.29) is 32.1 Å². The lowest BCUT2D eigenvalue weighted by atomic mass is 10.0. The van der Waals surface area contributed by atoms with Gasteiger partial charge in [0.25, 0.3) is 0 Å². The maximum absolute atomic E-state index is 13.3. The van der Waals surface area contributed by atoms with Crippen LogP contribution in [-0.2, 0) is 26.0 Å². The Kier molecular flexibility index (Phi) is 8.69. The molecule has 8 nitrogen and oxygen atoms in total. The molecule has 0 saturated carbocycles. The first-order valence-corrected chi connectivity index (χ1v) is 13.1. The highest BCUT2D eigenvalue weighted by Crippen LogP contribution is 2.15. The van der Waals surface area contributed by atoms with Crippen LogP contribution in [0.15, 0.2) is 66.1 Å². The number of alkyl carbamates (subject to hydrolysis) is 1. The van der Waals surface area contributed by atoms with Crippen LogP contribution in [0.25, 0.3) is 6.08 Å². The highest BCUT2D eigenvalue weighted by Gasteiger charge is 2.32. The van der Waals surface area contributed by atoms with E-state index >= 15 is 0 Å². The molecule has 0 radical (unpaired) electrons. The van der Waals surface area contributed by atoms with Gasteiger partial charge in [-0.1, -0.05) is 60.7 Å². The molecule has 0 spiro atoms. The smallest absolute Gasteiger partial charge is 0.408 e. The summed E-state index contributed by atoms with van der Waals surface area (Å²) in [5.74, 6) is -0.267. The number of amides is 2. The molecule has 0 aromatic heterocycles. The zero-order valence-electron chi connectivity index (χ0n) is 20.4. The van der Waals surface area contributed by atoms with Gasteiger partial charge in [0.05, 0.1) is 0 Å². The summed E-state index contributed by atoms with van der Waals surface area (Å²) in [6.07, 6.45) is 1.20. The largest absolute Gasteiger partial charge is 0.444 e. The normalized spacial score (nSPS) is 16.1. The molecule has 1 fully saturated rings. The SMILES string of the molecule is CC(C)(C)OC(=O)NC(Cc1ccccc1)C(=O)N1CCN(S(=O)(=O)/C=C/c2ccccc2)CC1. The van der Waals surface area contributed by atoms with Crippen LogP contribution in [0.3, 0.4) is 0 Å². The highest BCUT2D eigenvalue weighted by molar-refractivity contribution is 7.92. The van der Waals surface area contributed by atoms with Gasteiger partial charge in [-0.05, 0) is 38.0 Å². The topological polar surface area (TPSA) is 96.0 Å². The lowest BCUT2D eigenvalue weighted by Gasteiger charge is -2.35. The third-order valence-corrected chi connectivity index (χ3v) is 6.98. The van der Waals surface area contributed by atoms with Gasteiger partial charge in [-0.15, -0.1) is 0 Å². The molecule has 1 saturated heterocycles. The summed E-state index contributed by atoms with van der Waals surface area (Å²) < 4.78 is 32.2. The minimum Gasteiger partial charge on any atom is -0.444 e. The molecule has 3 rings (SSSR count). The number of sulfonamides is 1. The Morgan fingerprint density at radius 1 is 0.971 bits per heavy atom. The standard InChI is InChI=1S/C26H33N3O5S/c1-26(2,3)34-25(31)27-23(20-22-12-8-5-9-13-22)24(30)28-15-17-29(18-16-28)35(32,33)19-14-21-10-6-4-7-11-21/h4-14,19,23H,15-18,20H2,1-3H3,(H,27,31)/b19-14+. The number of carbonyl (C=O) groups excluding carboxylic acids is 2. The first kappa shape index (κ1) is 26.4. The number of piperazine rings is 1. The van der Waals surface area contributed by atoms with Gasteiger partial charge in [-0.3, -0.25) is 4.79 Å². The van der Waals surface area contributed by atoms with Crippen molar-refractivity contribution < 1.29 is 22.7 Å². The van der Waals surface area contributed by atoms with Crippen LogP contribution in [0.4, 0.5) is 4.79 Å². The van der Waals surface area contributed by atoms with Crippen LogP contribution in [0, 0.1) is 0 Å². The molecule has 1 aliphatic heterocycles. The number of rotatable bonds is 7. The predicted octanol–water partition coefficient (Wildman–Crippen LogP) is 3.27. The third-order valence-electron chi connectivity index (χ3n) is 5.41. The first-order valence-electron chi connectivity index (χ1n) is 11.6. The molecule has 0 aliphatic carbocycles. The summed E-state index contributed by atoms with van der Waals surface area (Å²) in [6.45, 7) is 6.10. The predicted molar refractivity (Wildman–Crippen MR) is 136 cm³/mol. The van der Waals surface area contributed by atoms with E-state index < -0.39 is 27.8 Å². The fourth-order valence-electron chi connectivity index (χ4n) is 3.70. The third kappa shape index (κ3) is 8.22. The van der Waals surface area contributed by atoms with Crippen molar-refractivity contribution in [3.8, 4) is 0 Å². The van der Waals surface area contributed by atoms with Gasteiger partial charge in [0.1, 0.15) is 11.6 Å². The summed E-state index contributed by atoms with van der Waals surface area (Å²) in [5.41, 5.74) is 0.994. The molecule has 2 aromatic carbocycles. The van der Waals surface area contributed by atoms with E-state index in [4.69, 9.17) is 4.74 Å². The van der Waals surface area contributed by atoms with Crippen molar-refractivity contribution in [2.45, 2.75) is 38.8 Å². The van der Waals surface area contributed by atoms with E-state index in [1.807, 2.05) is 60.7 Å². The lowest BCUT2D eigenvalue weighted by Crippen LogP contribution is -2.56. The number of nitrogens with one attached hydrogen (secondary N) is 1. The second kappa shape index (κ2) is 11.5. The zero-order valence-corrected chi connectivity index (χ0v) is 21.2. The van der Waals surface area contributed by atoms with Gasteiger partial charge >= 0.3 is 6.09 Å². The fraction of sp³-hybridized carbons (Fsp3) is 0.385. The van der Waals surface area contributed by atoms with E-state index in [9.17, 15) is 18.0 Å². The van der Waals surface area contributed by atoms with E-state index in [1.165, 1.54) is 9.71 Å². The minimum atomic E-state index is -3.61. The van der Waals surface area contributed by atoms with Gasteiger partial charge in [0.2, 0.25) is 15.9 Å². The average molecular weight is 500 g/mol. The quantitative estimate of drug-likeness (QED) is 0.631. The van der Waals surface area contributed by atoms with E-state index in [1.54, 1.807) is 31.7 Å². The van der Waals surface area contributed by atoms with Crippen LogP contribution in [0.5, 0.6) is 0 Å². The molecule has 9 heteroatoms. The molecular formula is C26H33N3O5S. The summed E-state index contributed by atoms with van der Waals surface area (Å²) >= 11 is 0. The summed E-state index contributed by atoms with van der Waals surface area (Å²) in [4.78, 5) is 27.4. The molecule has 188 valence electrons. The van der Waals surface area contributed by atoms with Crippen molar-refractivity contribution in [2.24, 2.45) is 0 Å². The van der Waals surface area contributed by atoms with E-state index in [0.717, 1.165) is 11.1 Å². The summed E-state index contributed by atoms with van der Waals surface area (Å²) in [6, 6.07) is 17.8. The number of ether oxygens (including phenoxy) is 1. The van der Waals surface area contributed by atoms with Crippen molar-refractivity contribution in [1.29, 1.82) is 0 Å². The van der Waals surface area contributed by atoms with E-state index in [2.05, 4.69) is 5.32 Å². The fourth-order valence-corrected chi connectivity index (χ4v) is 4.87.